The van der Waals surface area contributed by atoms with Gasteiger partial charge in [0.25, 0.3) is 5.89 Å². The van der Waals surface area contributed by atoms with Crippen LogP contribution in [0, 0.1) is 11.6 Å². The van der Waals surface area contributed by atoms with Crippen LogP contribution in [0.5, 0.6) is 0 Å². The molecule has 0 saturated heterocycles. The third-order valence-electron chi connectivity index (χ3n) is 7.31. The monoisotopic (exact) mass is 618 g/mol. The summed E-state index contributed by atoms with van der Waals surface area (Å²) in [5.74, 6) is -1.46. The number of hydrogen-bond donors (Lipinski definition) is 3. The first kappa shape index (κ1) is 29.9. The predicted octanol–water partition coefficient (Wildman–Crippen LogP) is 6.23. The van der Waals surface area contributed by atoms with Crippen LogP contribution in [-0.2, 0) is 11.2 Å². The van der Waals surface area contributed by atoms with Crippen LogP contribution in [0.4, 0.5) is 14.8 Å². The van der Waals surface area contributed by atoms with Crippen LogP contribution in [0.2, 0.25) is 10.0 Å². The fourth-order valence-electron chi connectivity index (χ4n) is 5.29. The van der Waals surface area contributed by atoms with Gasteiger partial charge in [-0.3, -0.25) is 9.36 Å². The lowest BCUT2D eigenvalue weighted by Crippen LogP contribution is -2.46. The van der Waals surface area contributed by atoms with Crippen molar-refractivity contribution in [3.63, 3.8) is 0 Å². The number of imidazole rings is 1. The van der Waals surface area contributed by atoms with Crippen molar-refractivity contribution in [1.82, 2.24) is 25.1 Å². The molecule has 13 heteroatoms. The molecule has 0 aliphatic heterocycles. The Kier molecular flexibility index (Phi) is 8.54. The number of aliphatic hydroxyl groups excluding tert-OH is 1. The molecule has 1 aliphatic rings. The van der Waals surface area contributed by atoms with Gasteiger partial charge in [0.2, 0.25) is 5.91 Å². The summed E-state index contributed by atoms with van der Waals surface area (Å²) in [7, 11) is 0. The third kappa shape index (κ3) is 5.99. The van der Waals surface area contributed by atoms with Crippen molar-refractivity contribution in [2.75, 3.05) is 12.3 Å². The molecule has 2 aromatic carbocycles. The van der Waals surface area contributed by atoms with Crippen LogP contribution >= 0.6 is 23.2 Å². The standard InChI is InChI=1S/C29H30Cl2F2N6O3/c1-29(2,14-40)36-21(41)13-17-8-10-18(30)22(33)24(17)39-25(16-9-11-20(32)19(31)12-16)23(27-37-38-28(34)42-27)35-26(39)15-6-4-3-5-7-15/h8-12,15,40H,3-7,13-14H2,1-2H3,(H2,34,38)(H,36,41). The molecule has 0 unspecified atom stereocenters. The van der Waals surface area contributed by atoms with Crippen LogP contribution in [0.3, 0.4) is 0 Å². The SMILES string of the molecule is CC(C)(CO)NC(=O)Cc1ccc(Cl)c(F)c1-n1c(C2CCCCC2)nc(-c2nnc(N)o2)c1-c1ccc(F)c(Cl)c1. The number of carbonyl (C=O) groups is 1. The van der Waals surface area contributed by atoms with E-state index in [1.54, 1.807) is 24.5 Å². The van der Waals surface area contributed by atoms with Crippen molar-refractivity contribution in [1.29, 1.82) is 0 Å². The van der Waals surface area contributed by atoms with Gasteiger partial charge in [-0.15, -0.1) is 5.10 Å². The second-order valence-electron chi connectivity index (χ2n) is 11.0. The lowest BCUT2D eigenvalue weighted by atomic mass is 9.88. The van der Waals surface area contributed by atoms with Crippen molar-refractivity contribution >= 4 is 35.1 Å². The van der Waals surface area contributed by atoms with Gasteiger partial charge < -0.3 is 20.6 Å². The van der Waals surface area contributed by atoms with E-state index in [9.17, 15) is 14.3 Å². The van der Waals surface area contributed by atoms with Crippen LogP contribution in [0.25, 0.3) is 28.5 Å². The van der Waals surface area contributed by atoms with Crippen LogP contribution < -0.4 is 11.1 Å². The van der Waals surface area contributed by atoms with Gasteiger partial charge in [-0.05, 0) is 56.5 Å². The van der Waals surface area contributed by atoms with Crippen molar-refractivity contribution in [2.24, 2.45) is 0 Å². The maximum atomic E-state index is 16.3. The lowest BCUT2D eigenvalue weighted by Gasteiger charge is -2.26. The summed E-state index contributed by atoms with van der Waals surface area (Å²) in [5, 5.41) is 19.9. The number of amides is 1. The van der Waals surface area contributed by atoms with E-state index < -0.39 is 23.1 Å². The summed E-state index contributed by atoms with van der Waals surface area (Å²) in [5.41, 5.74) is 6.03. The zero-order valence-corrected chi connectivity index (χ0v) is 24.6. The van der Waals surface area contributed by atoms with Gasteiger partial charge in [-0.25, -0.2) is 13.8 Å². The highest BCUT2D eigenvalue weighted by Crippen LogP contribution is 2.43. The van der Waals surface area contributed by atoms with Gasteiger partial charge in [0.05, 0.1) is 40.0 Å². The van der Waals surface area contributed by atoms with Crippen LogP contribution in [0.15, 0.2) is 34.7 Å². The first-order valence-electron chi connectivity index (χ1n) is 13.6. The predicted molar refractivity (Wildman–Crippen MR) is 155 cm³/mol. The molecule has 4 aromatic rings. The number of aliphatic hydroxyl groups is 1. The lowest BCUT2D eigenvalue weighted by molar-refractivity contribution is -0.122. The van der Waals surface area contributed by atoms with E-state index in [1.807, 2.05) is 0 Å². The topological polar surface area (TPSA) is 132 Å². The second kappa shape index (κ2) is 12.0. The fourth-order valence-corrected chi connectivity index (χ4v) is 5.62. The molecule has 9 nitrogen and oxygen atoms in total. The van der Waals surface area contributed by atoms with Gasteiger partial charge >= 0.3 is 6.01 Å². The Labute approximate surface area is 251 Å². The summed E-state index contributed by atoms with van der Waals surface area (Å²) in [6.45, 7) is 3.05. The highest BCUT2D eigenvalue weighted by atomic mass is 35.5. The average molecular weight is 620 g/mol. The highest BCUT2D eigenvalue weighted by Gasteiger charge is 2.33. The molecular formula is C29H30Cl2F2N6O3. The maximum Gasteiger partial charge on any atom is 0.313 e. The molecule has 1 amide bonds. The number of hydrogen-bond acceptors (Lipinski definition) is 7. The highest BCUT2D eigenvalue weighted by molar-refractivity contribution is 6.31. The normalized spacial score (nSPS) is 14.4. The molecule has 4 N–H and O–H groups in total. The molecule has 1 aliphatic carbocycles. The minimum Gasteiger partial charge on any atom is -0.402 e. The average Bonchev–Trinajstić information content (AvgIpc) is 3.56. The largest absolute Gasteiger partial charge is 0.402 e. The number of nitrogens with two attached hydrogens (primary N) is 1. The molecule has 2 aromatic heterocycles. The van der Waals surface area contributed by atoms with Crippen LogP contribution in [-0.4, -0.2) is 42.9 Å². The number of benzene rings is 2. The number of nitrogen functional groups attached to an aromatic ring is 1. The zero-order chi connectivity index (χ0) is 30.2. The van der Waals surface area contributed by atoms with E-state index >= 15 is 4.39 Å². The summed E-state index contributed by atoms with van der Waals surface area (Å²) in [6.07, 6.45) is 4.29. The molecule has 0 bridgehead atoms. The minimum atomic E-state index is -0.897. The van der Waals surface area contributed by atoms with Gasteiger partial charge in [0.15, 0.2) is 11.5 Å². The molecule has 0 atom stereocenters. The number of carbonyl (C=O) groups excluding carboxylic acids is 1. The first-order chi connectivity index (χ1) is 20.0. The molecule has 0 radical (unpaired) electrons. The Balaban J connectivity index is 1.82. The Morgan fingerprint density at radius 2 is 1.88 bits per heavy atom. The maximum absolute atomic E-state index is 16.3. The second-order valence-corrected chi connectivity index (χ2v) is 11.9. The number of anilines is 1. The zero-order valence-electron chi connectivity index (χ0n) is 23.1. The Bertz CT molecular complexity index is 1630. The van der Waals surface area contributed by atoms with Crippen molar-refractivity contribution in [3.05, 3.63) is 63.4 Å². The van der Waals surface area contributed by atoms with Gasteiger partial charge in [-0.2, -0.15) is 0 Å². The fraction of sp³-hybridized carbons (Fsp3) is 0.379. The summed E-state index contributed by atoms with van der Waals surface area (Å²) < 4.78 is 37.8. The van der Waals surface area contributed by atoms with Gasteiger partial charge in [0.1, 0.15) is 11.6 Å². The molecule has 1 fully saturated rings. The molecule has 1 saturated carbocycles. The first-order valence-corrected chi connectivity index (χ1v) is 14.3. The van der Waals surface area contributed by atoms with Gasteiger partial charge in [0, 0.05) is 11.5 Å². The van der Waals surface area contributed by atoms with E-state index in [2.05, 4.69) is 15.5 Å². The minimum absolute atomic E-state index is 0.00159. The van der Waals surface area contributed by atoms with Crippen LogP contribution in [0.1, 0.15) is 63.3 Å². The summed E-state index contributed by atoms with van der Waals surface area (Å²) in [6, 6.07) is 6.84. The quantitative estimate of drug-likeness (QED) is 0.213. The number of nitrogens with zero attached hydrogens (tertiary/aromatic N) is 4. The molecule has 42 heavy (non-hydrogen) atoms. The van der Waals surface area contributed by atoms with E-state index in [4.69, 9.17) is 38.3 Å². The number of nitrogens with one attached hydrogen (secondary N) is 1. The van der Waals surface area contributed by atoms with Crippen molar-refractivity contribution in [3.8, 4) is 28.5 Å². The smallest absolute Gasteiger partial charge is 0.313 e. The van der Waals surface area contributed by atoms with Crippen molar-refractivity contribution in [2.45, 2.75) is 63.8 Å². The van der Waals surface area contributed by atoms with E-state index in [1.165, 1.54) is 24.3 Å². The summed E-state index contributed by atoms with van der Waals surface area (Å²) in [4.78, 5) is 18.0. The van der Waals surface area contributed by atoms with Gasteiger partial charge in [-0.1, -0.05) is 53.6 Å². The van der Waals surface area contributed by atoms with E-state index in [0.717, 1.165) is 32.1 Å². The molecule has 0 spiro atoms. The molecule has 222 valence electrons. The number of aromatic nitrogens is 4. The number of halogens is 4. The Morgan fingerprint density at radius 3 is 2.52 bits per heavy atom. The van der Waals surface area contributed by atoms with Crippen molar-refractivity contribution < 1.29 is 23.1 Å². The van der Waals surface area contributed by atoms with E-state index in [-0.39, 0.29) is 52.3 Å². The summed E-state index contributed by atoms with van der Waals surface area (Å²) >= 11 is 12.5. The third-order valence-corrected chi connectivity index (χ3v) is 7.89. The Hall–Kier alpha value is -3.54. The Morgan fingerprint density at radius 1 is 1.14 bits per heavy atom. The molecule has 5 rings (SSSR count). The molecular weight excluding hydrogens is 589 g/mol. The number of rotatable bonds is 8. The van der Waals surface area contributed by atoms with E-state index in [0.29, 0.717) is 22.6 Å². The molecule has 2 heterocycles.